The Morgan fingerprint density at radius 1 is 1.38 bits per heavy atom. The van der Waals surface area contributed by atoms with Crippen LogP contribution in [0.5, 0.6) is 5.88 Å². The van der Waals surface area contributed by atoms with Crippen LogP contribution < -0.4 is 10.1 Å². The molecule has 4 nitrogen and oxygen atoms in total. The van der Waals surface area contributed by atoms with Crippen molar-refractivity contribution in [2.45, 2.75) is 12.7 Å². The lowest BCUT2D eigenvalue weighted by atomic mass is 10.3. The van der Waals surface area contributed by atoms with Gasteiger partial charge in [0.1, 0.15) is 6.07 Å². The minimum Gasteiger partial charge on any atom is -0.468 e. The summed E-state index contributed by atoms with van der Waals surface area (Å²) in [5.74, 6) is -0.0826. The van der Waals surface area contributed by atoms with E-state index in [1.807, 2.05) is 6.07 Å². The molecule has 21 heavy (non-hydrogen) atoms. The molecule has 0 saturated carbocycles. The number of halogens is 3. The van der Waals surface area contributed by atoms with Gasteiger partial charge in [-0.25, -0.2) is 4.98 Å². The van der Waals surface area contributed by atoms with Crippen molar-refractivity contribution in [1.29, 1.82) is 5.26 Å². The van der Waals surface area contributed by atoms with Crippen molar-refractivity contribution in [2.24, 2.45) is 0 Å². The summed E-state index contributed by atoms with van der Waals surface area (Å²) < 4.78 is 40.4. The molecule has 2 aromatic rings. The number of nitriles is 1. The molecule has 0 fully saturated rings. The summed E-state index contributed by atoms with van der Waals surface area (Å²) >= 11 is 1.45. The van der Waals surface area contributed by atoms with Crippen LogP contribution in [0, 0.1) is 11.3 Å². The van der Waals surface area contributed by atoms with Crippen LogP contribution in [0.1, 0.15) is 10.4 Å². The van der Waals surface area contributed by atoms with Crippen LogP contribution in [-0.4, -0.2) is 17.8 Å². The molecule has 8 heteroatoms. The molecule has 0 amide bonds. The molecule has 0 aromatic carbocycles. The van der Waals surface area contributed by atoms with Crippen LogP contribution in [0.4, 0.5) is 18.9 Å². The molecule has 1 N–H and O–H groups in total. The molecule has 0 aliphatic heterocycles. The lowest BCUT2D eigenvalue weighted by Gasteiger charge is -2.09. The van der Waals surface area contributed by atoms with Crippen LogP contribution in [0.2, 0.25) is 0 Å². The van der Waals surface area contributed by atoms with Gasteiger partial charge in [-0.05, 0) is 12.1 Å². The third kappa shape index (κ3) is 4.96. The number of anilines is 1. The highest BCUT2D eigenvalue weighted by atomic mass is 32.1. The minimum absolute atomic E-state index is 0.0826. The fourth-order valence-electron chi connectivity index (χ4n) is 1.45. The highest BCUT2D eigenvalue weighted by Crippen LogP contribution is 2.19. The van der Waals surface area contributed by atoms with Gasteiger partial charge in [0.2, 0.25) is 5.88 Å². The Morgan fingerprint density at radius 2 is 2.19 bits per heavy atom. The van der Waals surface area contributed by atoms with E-state index < -0.39 is 12.8 Å². The Balaban J connectivity index is 1.86. The minimum atomic E-state index is -4.38. The average Bonchev–Trinajstić information content (AvgIpc) is 2.91. The first-order valence-electron chi connectivity index (χ1n) is 5.83. The topological polar surface area (TPSA) is 57.9 Å². The molecule has 0 bridgehead atoms. The third-order valence-electron chi connectivity index (χ3n) is 2.37. The van der Waals surface area contributed by atoms with Gasteiger partial charge in [0.05, 0.1) is 17.4 Å². The van der Waals surface area contributed by atoms with Gasteiger partial charge in [-0.1, -0.05) is 0 Å². The number of pyridine rings is 1. The maximum atomic E-state index is 12.0. The van der Waals surface area contributed by atoms with E-state index in [0.717, 1.165) is 4.88 Å². The molecule has 2 rings (SSSR count). The van der Waals surface area contributed by atoms with Gasteiger partial charge in [0.25, 0.3) is 0 Å². The molecular formula is C13H10F3N3OS. The Labute approximate surface area is 122 Å². The monoisotopic (exact) mass is 313 g/mol. The summed E-state index contributed by atoms with van der Waals surface area (Å²) in [4.78, 5) is 4.76. The molecule has 0 saturated heterocycles. The normalized spacial score (nSPS) is 11.0. The number of ether oxygens (including phenoxy) is 1. The summed E-state index contributed by atoms with van der Waals surface area (Å²) in [6.45, 7) is -0.851. The number of nitrogens with one attached hydrogen (secondary N) is 1. The predicted octanol–water partition coefficient (Wildman–Crippen LogP) is 3.57. The Kier molecular flexibility index (Phi) is 4.65. The van der Waals surface area contributed by atoms with E-state index in [9.17, 15) is 13.2 Å². The molecule has 0 unspecified atom stereocenters. The lowest BCUT2D eigenvalue weighted by molar-refractivity contribution is -0.154. The number of rotatable bonds is 5. The Morgan fingerprint density at radius 3 is 2.76 bits per heavy atom. The first-order valence-corrected chi connectivity index (χ1v) is 6.71. The zero-order valence-electron chi connectivity index (χ0n) is 10.6. The first kappa shape index (κ1) is 15.1. The van der Waals surface area contributed by atoms with E-state index in [1.165, 1.54) is 23.6 Å². The predicted molar refractivity (Wildman–Crippen MR) is 72.1 cm³/mol. The van der Waals surface area contributed by atoms with Gasteiger partial charge in [-0.2, -0.15) is 18.4 Å². The quantitative estimate of drug-likeness (QED) is 0.917. The SMILES string of the molecule is N#Cc1csc(CNc2ccc(OCC(F)(F)F)nc2)c1. The summed E-state index contributed by atoms with van der Waals surface area (Å²) in [7, 11) is 0. The first-order chi connectivity index (χ1) is 9.96. The van der Waals surface area contributed by atoms with Crippen molar-refractivity contribution >= 4 is 17.0 Å². The van der Waals surface area contributed by atoms with Crippen molar-refractivity contribution in [3.8, 4) is 11.9 Å². The molecule has 0 aliphatic carbocycles. The average molecular weight is 313 g/mol. The van der Waals surface area contributed by atoms with Gasteiger partial charge < -0.3 is 10.1 Å². The van der Waals surface area contributed by atoms with Crippen molar-refractivity contribution in [2.75, 3.05) is 11.9 Å². The maximum absolute atomic E-state index is 12.0. The Hall–Kier alpha value is -2.27. The second-order valence-corrected chi connectivity index (χ2v) is 5.05. The molecule has 0 atom stereocenters. The van der Waals surface area contributed by atoms with Crippen LogP contribution in [0.3, 0.4) is 0 Å². The van der Waals surface area contributed by atoms with Crippen molar-refractivity contribution in [1.82, 2.24) is 4.98 Å². The molecule has 2 aromatic heterocycles. The highest BCUT2D eigenvalue weighted by molar-refractivity contribution is 7.10. The number of hydrogen-bond donors (Lipinski definition) is 1. The van der Waals surface area contributed by atoms with E-state index >= 15 is 0 Å². The number of aromatic nitrogens is 1. The fraction of sp³-hybridized carbons (Fsp3) is 0.231. The van der Waals surface area contributed by atoms with Crippen LogP contribution >= 0.6 is 11.3 Å². The number of thiophene rings is 1. The van der Waals surface area contributed by atoms with E-state index in [0.29, 0.717) is 17.8 Å². The molecule has 0 aliphatic rings. The van der Waals surface area contributed by atoms with Gasteiger partial charge in [-0.15, -0.1) is 11.3 Å². The summed E-state index contributed by atoms with van der Waals surface area (Å²) in [6.07, 6.45) is -2.99. The standard InChI is InChI=1S/C13H10F3N3OS/c14-13(15,16)8-20-12-2-1-10(5-19-12)18-6-11-3-9(4-17)7-21-11/h1-3,5,7,18H,6,8H2. The van der Waals surface area contributed by atoms with E-state index in [4.69, 9.17) is 5.26 Å². The summed E-state index contributed by atoms with van der Waals surface area (Å²) in [5.41, 5.74) is 1.26. The molecule has 110 valence electrons. The van der Waals surface area contributed by atoms with Crippen molar-refractivity contribution in [3.05, 3.63) is 40.2 Å². The van der Waals surface area contributed by atoms with Crippen molar-refractivity contribution in [3.63, 3.8) is 0 Å². The van der Waals surface area contributed by atoms with Crippen LogP contribution in [-0.2, 0) is 6.54 Å². The third-order valence-corrected chi connectivity index (χ3v) is 3.31. The fourth-order valence-corrected chi connectivity index (χ4v) is 2.20. The highest BCUT2D eigenvalue weighted by Gasteiger charge is 2.28. The number of alkyl halides is 3. The van der Waals surface area contributed by atoms with E-state index in [1.54, 1.807) is 17.5 Å². The Bertz CT molecular complexity index is 631. The second-order valence-electron chi connectivity index (χ2n) is 4.06. The summed E-state index contributed by atoms with van der Waals surface area (Å²) in [5, 5.41) is 13.5. The number of hydrogen-bond acceptors (Lipinski definition) is 5. The smallest absolute Gasteiger partial charge is 0.422 e. The van der Waals surface area contributed by atoms with E-state index in [-0.39, 0.29) is 5.88 Å². The maximum Gasteiger partial charge on any atom is 0.422 e. The van der Waals surface area contributed by atoms with Crippen LogP contribution in [0.15, 0.2) is 29.8 Å². The molecule has 0 spiro atoms. The zero-order chi connectivity index (χ0) is 15.3. The summed E-state index contributed by atoms with van der Waals surface area (Å²) in [6, 6.07) is 6.76. The van der Waals surface area contributed by atoms with Gasteiger partial charge in [-0.3, -0.25) is 0 Å². The van der Waals surface area contributed by atoms with Crippen LogP contribution in [0.25, 0.3) is 0 Å². The lowest BCUT2D eigenvalue weighted by Crippen LogP contribution is -2.19. The van der Waals surface area contributed by atoms with Crippen molar-refractivity contribution < 1.29 is 17.9 Å². The van der Waals surface area contributed by atoms with Gasteiger partial charge in [0.15, 0.2) is 6.61 Å². The second kappa shape index (κ2) is 6.45. The van der Waals surface area contributed by atoms with Gasteiger partial charge in [0, 0.05) is 22.9 Å². The zero-order valence-corrected chi connectivity index (χ0v) is 11.5. The largest absolute Gasteiger partial charge is 0.468 e. The molecule has 2 heterocycles. The van der Waals surface area contributed by atoms with E-state index in [2.05, 4.69) is 15.0 Å². The number of nitrogens with zero attached hydrogens (tertiary/aromatic N) is 2. The molecular weight excluding hydrogens is 303 g/mol. The molecule has 0 radical (unpaired) electrons. The van der Waals surface area contributed by atoms with Gasteiger partial charge >= 0.3 is 6.18 Å².